The summed E-state index contributed by atoms with van der Waals surface area (Å²) in [4.78, 5) is 26.2. The normalized spacial score (nSPS) is 18.8. The zero-order valence-electron chi connectivity index (χ0n) is 15.4. The van der Waals surface area contributed by atoms with Gasteiger partial charge in [0.05, 0.1) is 13.7 Å². The van der Waals surface area contributed by atoms with Crippen molar-refractivity contribution in [2.75, 3.05) is 13.7 Å². The first-order valence-corrected chi connectivity index (χ1v) is 9.01. The highest BCUT2D eigenvalue weighted by molar-refractivity contribution is 5.85. The molecule has 0 saturated carbocycles. The number of hydrogen-bond donors (Lipinski definition) is 0. The van der Waals surface area contributed by atoms with E-state index in [1.165, 1.54) is 30.2 Å². The third-order valence-electron chi connectivity index (χ3n) is 4.75. The number of halogens is 2. The molecule has 2 aromatic carbocycles. The van der Waals surface area contributed by atoms with Crippen molar-refractivity contribution in [1.29, 1.82) is 0 Å². The number of rotatable bonds is 6. The SMILES string of the molecule is COC(=O)[C@H]1C[C@H](Oc2ccccc2F)CN1C(=O)CCc1ccccc1F. The lowest BCUT2D eigenvalue weighted by Gasteiger charge is -2.22. The first kappa shape index (κ1) is 19.8. The smallest absolute Gasteiger partial charge is 0.328 e. The molecule has 1 saturated heterocycles. The van der Waals surface area contributed by atoms with E-state index >= 15 is 0 Å². The third kappa shape index (κ3) is 4.47. The van der Waals surface area contributed by atoms with Gasteiger partial charge in [-0.05, 0) is 30.2 Å². The molecule has 1 amide bonds. The molecule has 0 radical (unpaired) electrons. The van der Waals surface area contributed by atoms with Crippen molar-refractivity contribution in [3.8, 4) is 5.75 Å². The molecule has 2 atom stereocenters. The van der Waals surface area contributed by atoms with Crippen LogP contribution in [0.3, 0.4) is 0 Å². The Hall–Kier alpha value is -2.96. The molecule has 148 valence electrons. The van der Waals surface area contributed by atoms with E-state index in [1.54, 1.807) is 30.3 Å². The number of aryl methyl sites for hydroxylation is 1. The molecule has 28 heavy (non-hydrogen) atoms. The summed E-state index contributed by atoms with van der Waals surface area (Å²) in [6, 6.07) is 11.4. The van der Waals surface area contributed by atoms with Crippen LogP contribution < -0.4 is 4.74 Å². The lowest BCUT2D eigenvalue weighted by molar-refractivity contribution is -0.150. The highest BCUT2D eigenvalue weighted by atomic mass is 19.1. The van der Waals surface area contributed by atoms with Crippen molar-refractivity contribution >= 4 is 11.9 Å². The summed E-state index contributed by atoms with van der Waals surface area (Å²) in [5.41, 5.74) is 0.434. The fourth-order valence-electron chi connectivity index (χ4n) is 3.32. The third-order valence-corrected chi connectivity index (χ3v) is 4.75. The molecule has 3 rings (SSSR count). The number of esters is 1. The van der Waals surface area contributed by atoms with Gasteiger partial charge in [0.25, 0.3) is 0 Å². The van der Waals surface area contributed by atoms with Crippen LogP contribution in [0.1, 0.15) is 18.4 Å². The van der Waals surface area contributed by atoms with Gasteiger partial charge in [0.2, 0.25) is 5.91 Å². The van der Waals surface area contributed by atoms with Crippen molar-refractivity contribution in [1.82, 2.24) is 4.90 Å². The fourth-order valence-corrected chi connectivity index (χ4v) is 3.32. The van der Waals surface area contributed by atoms with Crippen LogP contribution in [0, 0.1) is 11.6 Å². The number of carbonyl (C=O) groups excluding carboxylic acids is 2. The Morgan fingerprint density at radius 3 is 2.43 bits per heavy atom. The Bertz CT molecular complexity index is 858. The number of likely N-dealkylation sites (tertiary alicyclic amines) is 1. The number of ether oxygens (including phenoxy) is 2. The summed E-state index contributed by atoms with van der Waals surface area (Å²) < 4.78 is 38.1. The zero-order valence-corrected chi connectivity index (χ0v) is 15.4. The summed E-state index contributed by atoms with van der Waals surface area (Å²) in [5.74, 6) is -1.68. The monoisotopic (exact) mass is 389 g/mol. The van der Waals surface area contributed by atoms with Crippen molar-refractivity contribution in [2.45, 2.75) is 31.4 Å². The van der Waals surface area contributed by atoms with E-state index in [9.17, 15) is 18.4 Å². The Morgan fingerprint density at radius 2 is 1.75 bits per heavy atom. The van der Waals surface area contributed by atoms with Crippen LogP contribution in [-0.4, -0.2) is 42.6 Å². The van der Waals surface area contributed by atoms with Crippen LogP contribution >= 0.6 is 0 Å². The second-order valence-corrected chi connectivity index (χ2v) is 6.58. The van der Waals surface area contributed by atoms with Crippen molar-refractivity contribution < 1.29 is 27.8 Å². The molecular formula is C21H21F2NO4. The average Bonchev–Trinajstić information content (AvgIpc) is 3.12. The maximum Gasteiger partial charge on any atom is 0.328 e. The summed E-state index contributed by atoms with van der Waals surface area (Å²) in [7, 11) is 1.25. The van der Waals surface area contributed by atoms with E-state index in [1.807, 2.05) is 0 Å². The molecule has 0 N–H and O–H groups in total. The molecule has 0 aromatic heterocycles. The van der Waals surface area contributed by atoms with Crippen molar-refractivity contribution in [3.05, 3.63) is 65.7 Å². The van der Waals surface area contributed by atoms with Crippen LogP contribution in [0.25, 0.3) is 0 Å². The summed E-state index contributed by atoms with van der Waals surface area (Å²) in [6.45, 7) is 0.129. The number of benzene rings is 2. The maximum atomic E-state index is 13.8. The van der Waals surface area contributed by atoms with Crippen LogP contribution in [0.5, 0.6) is 5.75 Å². The lowest BCUT2D eigenvalue weighted by atomic mass is 10.1. The molecule has 1 aliphatic rings. The van der Waals surface area contributed by atoms with Gasteiger partial charge in [-0.25, -0.2) is 13.6 Å². The molecule has 5 nitrogen and oxygen atoms in total. The van der Waals surface area contributed by atoms with Gasteiger partial charge in [-0.1, -0.05) is 30.3 Å². The molecule has 0 unspecified atom stereocenters. The summed E-state index contributed by atoms with van der Waals surface area (Å²) >= 11 is 0. The Labute approximate surface area is 161 Å². The molecule has 1 heterocycles. The average molecular weight is 389 g/mol. The van der Waals surface area contributed by atoms with E-state index in [-0.39, 0.29) is 43.3 Å². The van der Waals surface area contributed by atoms with Gasteiger partial charge in [0.15, 0.2) is 11.6 Å². The predicted octanol–water partition coefficient (Wildman–Crippen LogP) is 3.12. The van der Waals surface area contributed by atoms with Crippen molar-refractivity contribution in [3.63, 3.8) is 0 Å². The Balaban J connectivity index is 1.68. The van der Waals surface area contributed by atoms with Crippen LogP contribution in [0.15, 0.2) is 48.5 Å². The second kappa shape index (κ2) is 8.82. The highest BCUT2D eigenvalue weighted by Crippen LogP contribution is 2.26. The van der Waals surface area contributed by atoms with Gasteiger partial charge in [-0.3, -0.25) is 4.79 Å². The molecule has 2 aromatic rings. The quantitative estimate of drug-likeness (QED) is 0.713. The van der Waals surface area contributed by atoms with Gasteiger partial charge in [-0.15, -0.1) is 0 Å². The molecule has 1 aliphatic heterocycles. The standard InChI is InChI=1S/C21H21F2NO4/c1-27-21(26)18-12-15(28-19-9-5-4-8-17(19)23)13-24(18)20(25)11-10-14-6-2-3-7-16(14)22/h2-9,15,18H,10-13H2,1H3/t15-,18+/m0/s1. The molecule has 1 fully saturated rings. The minimum absolute atomic E-state index is 0.0425. The Kier molecular flexibility index (Phi) is 6.23. The van der Waals surface area contributed by atoms with E-state index in [0.29, 0.717) is 5.56 Å². The van der Waals surface area contributed by atoms with Gasteiger partial charge >= 0.3 is 5.97 Å². The van der Waals surface area contributed by atoms with Crippen molar-refractivity contribution in [2.24, 2.45) is 0 Å². The molecule has 7 heteroatoms. The molecule has 0 aliphatic carbocycles. The summed E-state index contributed by atoms with van der Waals surface area (Å²) in [5, 5.41) is 0. The highest BCUT2D eigenvalue weighted by Gasteiger charge is 2.41. The number of nitrogens with zero attached hydrogens (tertiary/aromatic N) is 1. The molecule has 0 bridgehead atoms. The van der Waals surface area contributed by atoms with E-state index < -0.39 is 23.9 Å². The Morgan fingerprint density at radius 1 is 1.07 bits per heavy atom. The van der Waals surface area contributed by atoms with Gasteiger partial charge in [-0.2, -0.15) is 0 Å². The second-order valence-electron chi connectivity index (χ2n) is 6.58. The number of amides is 1. The minimum Gasteiger partial charge on any atom is -0.485 e. The van der Waals surface area contributed by atoms with Gasteiger partial charge < -0.3 is 14.4 Å². The fraction of sp³-hybridized carbons (Fsp3) is 0.333. The number of hydrogen-bond acceptors (Lipinski definition) is 4. The lowest BCUT2D eigenvalue weighted by Crippen LogP contribution is -2.41. The van der Waals surface area contributed by atoms with E-state index in [2.05, 4.69) is 0 Å². The summed E-state index contributed by atoms with van der Waals surface area (Å²) in [6.07, 6.45) is -0.0828. The minimum atomic E-state index is -0.810. The van der Waals surface area contributed by atoms with Crippen LogP contribution in [-0.2, 0) is 20.7 Å². The first-order valence-electron chi connectivity index (χ1n) is 9.01. The van der Waals surface area contributed by atoms with Gasteiger partial charge in [0.1, 0.15) is 18.0 Å². The molecular weight excluding hydrogens is 368 g/mol. The van der Waals surface area contributed by atoms with Gasteiger partial charge in [0, 0.05) is 12.8 Å². The van der Waals surface area contributed by atoms with E-state index in [4.69, 9.17) is 9.47 Å². The van der Waals surface area contributed by atoms with Crippen LogP contribution in [0.2, 0.25) is 0 Å². The van der Waals surface area contributed by atoms with Crippen LogP contribution in [0.4, 0.5) is 8.78 Å². The predicted molar refractivity (Wildman–Crippen MR) is 97.7 cm³/mol. The maximum absolute atomic E-state index is 13.8. The largest absolute Gasteiger partial charge is 0.485 e. The number of para-hydroxylation sites is 1. The van der Waals surface area contributed by atoms with E-state index in [0.717, 1.165) is 0 Å². The zero-order chi connectivity index (χ0) is 20.1. The number of methoxy groups -OCH3 is 1. The first-order chi connectivity index (χ1) is 13.5. The number of carbonyl (C=O) groups is 2. The topological polar surface area (TPSA) is 55.8 Å². The molecule has 0 spiro atoms.